The number of hydrogen-bond acceptors (Lipinski definition) is 4. The van der Waals surface area contributed by atoms with Crippen LogP contribution in [0.25, 0.3) is 0 Å². The number of rotatable bonds is 2. The van der Waals surface area contributed by atoms with Crippen molar-refractivity contribution in [2.24, 2.45) is 0 Å². The summed E-state index contributed by atoms with van der Waals surface area (Å²) in [6, 6.07) is 5.34. The van der Waals surface area contributed by atoms with Crippen molar-refractivity contribution < 1.29 is 19.1 Å². The molecule has 1 aliphatic heterocycles. The average Bonchev–Trinajstić information content (AvgIpc) is 2.46. The van der Waals surface area contributed by atoms with Crippen LogP contribution >= 0.6 is 0 Å². The summed E-state index contributed by atoms with van der Waals surface area (Å²) in [4.78, 5) is 23.5. The van der Waals surface area contributed by atoms with Crippen LogP contribution < -0.4 is 0 Å². The van der Waals surface area contributed by atoms with E-state index < -0.39 is 11.2 Å². The molecule has 1 aliphatic rings. The van der Waals surface area contributed by atoms with Gasteiger partial charge in [-0.05, 0) is 46.2 Å². The van der Waals surface area contributed by atoms with Gasteiger partial charge in [0, 0.05) is 5.56 Å². The van der Waals surface area contributed by atoms with Gasteiger partial charge in [-0.25, -0.2) is 4.79 Å². The van der Waals surface area contributed by atoms with Gasteiger partial charge in [0.15, 0.2) is 0 Å². The SMILES string of the molecule is CC(C)(C)OC(=O)Cc1ccc2c(c1)C(C)(C)OC2=O. The number of ether oxygens (including phenoxy) is 2. The van der Waals surface area contributed by atoms with Crippen molar-refractivity contribution in [1.29, 1.82) is 0 Å². The number of benzene rings is 1. The van der Waals surface area contributed by atoms with Crippen LogP contribution in [-0.4, -0.2) is 17.5 Å². The van der Waals surface area contributed by atoms with Gasteiger partial charge < -0.3 is 9.47 Å². The van der Waals surface area contributed by atoms with Gasteiger partial charge in [-0.2, -0.15) is 0 Å². The van der Waals surface area contributed by atoms with Crippen LogP contribution in [0.15, 0.2) is 18.2 Å². The fraction of sp³-hybridized carbons (Fsp3) is 0.500. The van der Waals surface area contributed by atoms with E-state index in [4.69, 9.17) is 9.47 Å². The van der Waals surface area contributed by atoms with Crippen LogP contribution in [0.4, 0.5) is 0 Å². The molecule has 0 saturated carbocycles. The second-order valence-corrected chi connectivity index (χ2v) is 6.54. The maximum absolute atomic E-state index is 11.8. The Morgan fingerprint density at radius 3 is 2.55 bits per heavy atom. The molecule has 0 aliphatic carbocycles. The zero-order chi connectivity index (χ0) is 15.1. The molecule has 4 heteroatoms. The largest absolute Gasteiger partial charge is 0.460 e. The van der Waals surface area contributed by atoms with Gasteiger partial charge in [-0.3, -0.25) is 4.79 Å². The van der Waals surface area contributed by atoms with Crippen LogP contribution in [0.2, 0.25) is 0 Å². The summed E-state index contributed by atoms with van der Waals surface area (Å²) < 4.78 is 10.6. The van der Waals surface area contributed by atoms with Crippen molar-refractivity contribution in [2.75, 3.05) is 0 Å². The first-order valence-corrected chi connectivity index (χ1v) is 6.67. The highest BCUT2D eigenvalue weighted by Crippen LogP contribution is 2.36. The topological polar surface area (TPSA) is 52.6 Å². The van der Waals surface area contributed by atoms with E-state index >= 15 is 0 Å². The van der Waals surface area contributed by atoms with Crippen molar-refractivity contribution in [3.8, 4) is 0 Å². The Hall–Kier alpha value is -1.84. The molecule has 0 atom stereocenters. The highest BCUT2D eigenvalue weighted by Gasteiger charge is 2.37. The third-order valence-corrected chi connectivity index (χ3v) is 3.07. The summed E-state index contributed by atoms with van der Waals surface area (Å²) in [5.41, 5.74) is 1.08. The normalized spacial score (nSPS) is 16.6. The number of esters is 2. The van der Waals surface area contributed by atoms with Crippen molar-refractivity contribution in [3.05, 3.63) is 34.9 Å². The average molecular weight is 276 g/mol. The highest BCUT2D eigenvalue weighted by molar-refractivity contribution is 5.94. The zero-order valence-electron chi connectivity index (χ0n) is 12.6. The van der Waals surface area contributed by atoms with Gasteiger partial charge in [0.2, 0.25) is 0 Å². The van der Waals surface area contributed by atoms with Gasteiger partial charge in [-0.1, -0.05) is 12.1 Å². The monoisotopic (exact) mass is 276 g/mol. The lowest BCUT2D eigenvalue weighted by Crippen LogP contribution is -2.25. The second kappa shape index (κ2) is 4.62. The molecule has 0 amide bonds. The minimum atomic E-state index is -0.643. The fourth-order valence-electron chi connectivity index (χ4n) is 2.26. The van der Waals surface area contributed by atoms with Crippen LogP contribution in [0, 0.1) is 0 Å². The molecule has 0 fully saturated rings. The number of fused-ring (bicyclic) bond motifs is 1. The van der Waals surface area contributed by atoms with Gasteiger partial charge >= 0.3 is 11.9 Å². The number of hydrogen-bond donors (Lipinski definition) is 0. The van der Waals surface area contributed by atoms with E-state index in [1.165, 1.54) is 0 Å². The first-order valence-electron chi connectivity index (χ1n) is 6.67. The molecule has 0 saturated heterocycles. The predicted molar refractivity (Wildman–Crippen MR) is 74.4 cm³/mol. The highest BCUT2D eigenvalue weighted by atomic mass is 16.6. The summed E-state index contributed by atoms with van der Waals surface area (Å²) in [6.07, 6.45) is 0.189. The molecule has 0 N–H and O–H groups in total. The Kier molecular flexibility index (Phi) is 3.36. The van der Waals surface area contributed by atoms with Crippen molar-refractivity contribution in [3.63, 3.8) is 0 Å². The fourth-order valence-corrected chi connectivity index (χ4v) is 2.26. The molecule has 0 spiro atoms. The smallest absolute Gasteiger partial charge is 0.339 e. The predicted octanol–water partition coefficient (Wildman–Crippen LogP) is 2.98. The molecule has 0 aromatic heterocycles. The van der Waals surface area contributed by atoms with Gasteiger partial charge in [0.25, 0.3) is 0 Å². The Labute approximate surface area is 119 Å². The molecule has 1 aromatic carbocycles. The molecular weight excluding hydrogens is 256 g/mol. The molecule has 0 radical (unpaired) electrons. The molecule has 4 nitrogen and oxygen atoms in total. The third-order valence-electron chi connectivity index (χ3n) is 3.07. The van der Waals surface area contributed by atoms with E-state index in [2.05, 4.69) is 0 Å². The molecule has 0 unspecified atom stereocenters. The Bertz CT molecular complexity index is 564. The lowest BCUT2D eigenvalue weighted by atomic mass is 9.93. The quantitative estimate of drug-likeness (QED) is 0.779. The minimum Gasteiger partial charge on any atom is -0.460 e. The van der Waals surface area contributed by atoms with Gasteiger partial charge in [0.1, 0.15) is 11.2 Å². The molecular formula is C16H20O4. The van der Waals surface area contributed by atoms with Gasteiger partial charge in [-0.15, -0.1) is 0 Å². The van der Waals surface area contributed by atoms with Crippen molar-refractivity contribution in [1.82, 2.24) is 0 Å². The zero-order valence-corrected chi connectivity index (χ0v) is 12.6. The molecule has 20 heavy (non-hydrogen) atoms. The summed E-state index contributed by atoms with van der Waals surface area (Å²) in [5.74, 6) is -0.589. The lowest BCUT2D eigenvalue weighted by Gasteiger charge is -2.20. The van der Waals surface area contributed by atoms with E-state index in [0.29, 0.717) is 5.56 Å². The summed E-state index contributed by atoms with van der Waals surface area (Å²) in [5, 5.41) is 0. The second-order valence-electron chi connectivity index (χ2n) is 6.54. The number of cyclic esters (lactones) is 1. The standard InChI is InChI=1S/C16H20O4/c1-15(2,3)19-13(17)9-10-6-7-11-12(8-10)16(4,5)20-14(11)18/h6-8H,9H2,1-5H3. The molecule has 0 bridgehead atoms. The molecule has 108 valence electrons. The van der Waals surface area contributed by atoms with Crippen molar-refractivity contribution in [2.45, 2.75) is 52.2 Å². The first-order chi connectivity index (χ1) is 9.08. The van der Waals surface area contributed by atoms with Crippen LogP contribution in [0.1, 0.15) is 56.1 Å². The maximum atomic E-state index is 11.8. The Morgan fingerprint density at radius 1 is 1.30 bits per heavy atom. The van der Waals surface area contributed by atoms with E-state index in [1.807, 2.05) is 40.7 Å². The summed E-state index contributed by atoms with van der Waals surface area (Å²) >= 11 is 0. The summed E-state index contributed by atoms with van der Waals surface area (Å²) in [6.45, 7) is 9.19. The van der Waals surface area contributed by atoms with E-state index in [9.17, 15) is 9.59 Å². The minimum absolute atomic E-state index is 0.189. The molecule has 1 heterocycles. The third kappa shape index (κ3) is 3.00. The van der Waals surface area contributed by atoms with Crippen LogP contribution in [0.5, 0.6) is 0 Å². The molecule has 2 rings (SSSR count). The van der Waals surface area contributed by atoms with E-state index in [1.54, 1.807) is 12.1 Å². The summed E-state index contributed by atoms with van der Waals surface area (Å²) in [7, 11) is 0. The first kappa shape index (κ1) is 14.6. The van der Waals surface area contributed by atoms with Crippen molar-refractivity contribution >= 4 is 11.9 Å². The number of carbonyl (C=O) groups is 2. The lowest BCUT2D eigenvalue weighted by molar-refractivity contribution is -0.153. The van der Waals surface area contributed by atoms with E-state index in [-0.39, 0.29) is 18.4 Å². The molecule has 1 aromatic rings. The van der Waals surface area contributed by atoms with E-state index in [0.717, 1.165) is 11.1 Å². The maximum Gasteiger partial charge on any atom is 0.339 e. The van der Waals surface area contributed by atoms with Crippen LogP contribution in [0.3, 0.4) is 0 Å². The van der Waals surface area contributed by atoms with Gasteiger partial charge in [0.05, 0.1) is 12.0 Å². The Morgan fingerprint density at radius 2 is 1.95 bits per heavy atom. The van der Waals surface area contributed by atoms with Crippen LogP contribution in [-0.2, 0) is 26.3 Å². The number of carbonyl (C=O) groups excluding carboxylic acids is 2. The Balaban J connectivity index is 2.21.